The van der Waals surface area contributed by atoms with Gasteiger partial charge in [0.15, 0.2) is 0 Å². The monoisotopic (exact) mass is 1020 g/mol. The average molecular weight is 1020 g/mol. The van der Waals surface area contributed by atoms with E-state index in [2.05, 4.69) is 206 Å². The molecule has 389 valence electrons. The molecule has 0 unspecified atom stereocenters. The molecule has 0 fully saturated rings. The van der Waals surface area contributed by atoms with E-state index in [0.717, 1.165) is 0 Å². The molecule has 0 amide bonds. The Kier molecular flexibility index (Phi) is 124. The molecule has 0 heterocycles. The van der Waals surface area contributed by atoms with Crippen LogP contribution in [0.25, 0.3) is 32.3 Å². The van der Waals surface area contributed by atoms with Gasteiger partial charge in [-0.2, -0.15) is 0 Å². The average Bonchev–Trinajstić information content (AvgIpc) is 3.37. The SMILES string of the molecule is CC.CC.CC.CC.CCC.CCC.CCC.COC.COC.COC.COC.[CH3-].[CH3-].[Y].c1ccc2ccccc2c1.c1ccc2ccccc2c1.c1ccc2ccccc2c1.c1ccccc1. The second-order valence-corrected chi connectivity index (χ2v) is 12.0. The van der Waals surface area contributed by atoms with E-state index in [1.54, 1.807) is 56.9 Å². The zero-order valence-electron chi connectivity index (χ0n) is 48.7. The van der Waals surface area contributed by atoms with Crippen molar-refractivity contribution in [3.05, 3.63) is 197 Å². The summed E-state index contributed by atoms with van der Waals surface area (Å²) in [6.07, 6.45) is 3.75. The molecule has 5 heteroatoms. The quantitative estimate of drug-likeness (QED) is 0.142. The van der Waals surface area contributed by atoms with Gasteiger partial charge in [-0.15, -0.1) is 0 Å². The Morgan fingerprint density at radius 2 is 0.279 bits per heavy atom. The third kappa shape index (κ3) is 73.8. The molecule has 0 aliphatic rings. The summed E-state index contributed by atoms with van der Waals surface area (Å²) in [6, 6.07) is 62.1. The Balaban J connectivity index is -0.0000000596. The fraction of sp³-hybridized carbons (Fsp3) is 0.397. The second kappa shape index (κ2) is 93.3. The standard InChI is InChI=1S/3C10H8.C6H6.3C3H8.4C2H6O.4C2H6.2CH3.Y/c3*1-2-6-10-8-4-3-7-9(10)5-1;1-2-4-6-5-3-1;7*1-3-2;4*1-2;;;/h3*1-8H;1-6H;3*3H2,1-2H3;4*1-2H3;4*1-2H3;2*1H3;/q;;;;;;;;;;;;;;;2*-1;. The second-order valence-electron chi connectivity index (χ2n) is 12.0. The molecule has 0 aliphatic heterocycles. The molecule has 0 atom stereocenters. The number of hydrogen-bond donors (Lipinski definition) is 0. The number of rotatable bonds is 0. The van der Waals surface area contributed by atoms with Crippen molar-refractivity contribution in [2.24, 2.45) is 0 Å². The minimum Gasteiger partial charge on any atom is -0.388 e. The Labute approximate surface area is 450 Å². The van der Waals surface area contributed by atoms with Gasteiger partial charge in [0.05, 0.1) is 0 Å². The first-order valence-electron chi connectivity index (χ1n) is 23.7. The van der Waals surface area contributed by atoms with Crippen LogP contribution in [0.5, 0.6) is 0 Å². The van der Waals surface area contributed by atoms with Crippen molar-refractivity contribution in [1.82, 2.24) is 0 Å². The van der Waals surface area contributed by atoms with E-state index in [0.29, 0.717) is 0 Å². The molecule has 4 nitrogen and oxygen atoms in total. The van der Waals surface area contributed by atoms with Gasteiger partial charge in [0.1, 0.15) is 0 Å². The van der Waals surface area contributed by atoms with E-state index in [9.17, 15) is 0 Å². The maximum absolute atomic E-state index is 4.25. The third-order valence-corrected chi connectivity index (χ3v) is 5.64. The molecule has 0 aliphatic carbocycles. The van der Waals surface area contributed by atoms with Crippen LogP contribution in [0.1, 0.15) is 116 Å². The van der Waals surface area contributed by atoms with Gasteiger partial charge in [0.25, 0.3) is 0 Å². The number of hydrogen-bond acceptors (Lipinski definition) is 4. The Morgan fingerprint density at radius 3 is 0.338 bits per heavy atom. The Bertz CT molecular complexity index is 1320. The van der Waals surface area contributed by atoms with Gasteiger partial charge < -0.3 is 33.8 Å². The van der Waals surface area contributed by atoms with Crippen molar-refractivity contribution in [3.63, 3.8) is 0 Å². The predicted octanol–water partition coefficient (Wildman–Crippen LogP) is 20.5. The van der Waals surface area contributed by atoms with Gasteiger partial charge in [-0.05, 0) is 32.3 Å². The minimum atomic E-state index is 0. The predicted molar refractivity (Wildman–Crippen MR) is 316 cm³/mol. The molecule has 7 rings (SSSR count). The van der Waals surface area contributed by atoms with Crippen LogP contribution in [0.15, 0.2) is 182 Å². The van der Waals surface area contributed by atoms with Crippen LogP contribution in [0.4, 0.5) is 0 Å². The van der Waals surface area contributed by atoms with Crippen molar-refractivity contribution in [1.29, 1.82) is 0 Å². The molecule has 0 N–H and O–H groups in total. The summed E-state index contributed by atoms with van der Waals surface area (Å²) in [5.41, 5.74) is 0. The normalized spacial score (nSPS) is 7.32. The van der Waals surface area contributed by atoms with E-state index >= 15 is 0 Å². The summed E-state index contributed by atoms with van der Waals surface area (Å²) in [7, 11) is 13.0. The third-order valence-electron chi connectivity index (χ3n) is 5.64. The number of benzene rings is 7. The first-order valence-corrected chi connectivity index (χ1v) is 23.7. The molecule has 1 radical (unpaired) electrons. The van der Waals surface area contributed by atoms with Crippen molar-refractivity contribution >= 4 is 32.3 Å². The van der Waals surface area contributed by atoms with Crippen LogP contribution < -0.4 is 0 Å². The van der Waals surface area contributed by atoms with E-state index in [4.69, 9.17) is 0 Å². The zero-order valence-corrected chi connectivity index (χ0v) is 51.5. The van der Waals surface area contributed by atoms with Gasteiger partial charge in [0.2, 0.25) is 0 Å². The van der Waals surface area contributed by atoms with Crippen LogP contribution in [0.3, 0.4) is 0 Å². The van der Waals surface area contributed by atoms with Crippen molar-refractivity contribution < 1.29 is 51.7 Å². The van der Waals surface area contributed by atoms with Gasteiger partial charge in [-0.3, -0.25) is 0 Å². The van der Waals surface area contributed by atoms with Crippen LogP contribution in [-0.2, 0) is 51.7 Å². The summed E-state index contributed by atoms with van der Waals surface area (Å²) in [5.74, 6) is 0. The van der Waals surface area contributed by atoms with Crippen molar-refractivity contribution in [3.8, 4) is 0 Å². The summed E-state index contributed by atoms with van der Waals surface area (Å²) in [6.45, 7) is 28.8. The van der Waals surface area contributed by atoms with Gasteiger partial charge in [0, 0.05) is 89.6 Å². The van der Waals surface area contributed by atoms with Crippen molar-refractivity contribution in [2.45, 2.75) is 116 Å². The molecule has 7 aromatic rings. The first kappa shape index (κ1) is 90.7. The van der Waals surface area contributed by atoms with E-state index in [1.165, 1.54) is 51.6 Å². The summed E-state index contributed by atoms with van der Waals surface area (Å²) in [5, 5.41) is 7.86. The fourth-order valence-electron chi connectivity index (χ4n) is 3.78. The summed E-state index contributed by atoms with van der Waals surface area (Å²) < 4.78 is 17.0. The van der Waals surface area contributed by atoms with Crippen LogP contribution >= 0.6 is 0 Å². The molecule has 0 saturated heterocycles. The van der Waals surface area contributed by atoms with Crippen LogP contribution in [0, 0.1) is 14.9 Å². The maximum atomic E-state index is 4.25. The van der Waals surface area contributed by atoms with Crippen LogP contribution in [0.2, 0.25) is 0 Å². The number of methoxy groups -OCH3 is 4. The maximum Gasteiger partial charge on any atom is 0.0351 e. The van der Waals surface area contributed by atoms with Crippen LogP contribution in [-0.4, -0.2) is 56.9 Å². The first-order chi connectivity index (χ1) is 31.8. The molecule has 7 aromatic carbocycles. The minimum absolute atomic E-state index is 0. The number of ether oxygens (including phenoxy) is 4. The van der Waals surface area contributed by atoms with E-state index in [-0.39, 0.29) is 47.6 Å². The molecule has 68 heavy (non-hydrogen) atoms. The zero-order chi connectivity index (χ0) is 51.6. The molecular formula is C63H108O4Y-2. The molecule has 0 saturated carbocycles. The van der Waals surface area contributed by atoms with Crippen molar-refractivity contribution in [2.75, 3.05) is 56.9 Å². The summed E-state index contributed by atoms with van der Waals surface area (Å²) >= 11 is 0. The molecular weight excluding hydrogens is 910 g/mol. The largest absolute Gasteiger partial charge is 0.388 e. The Hall–Kier alpha value is -3.74. The smallest absolute Gasteiger partial charge is 0.0351 e. The van der Waals surface area contributed by atoms with Gasteiger partial charge in [-0.25, -0.2) is 0 Å². The topological polar surface area (TPSA) is 36.9 Å². The fourth-order valence-corrected chi connectivity index (χ4v) is 3.78. The van der Waals surface area contributed by atoms with Gasteiger partial charge >= 0.3 is 0 Å². The van der Waals surface area contributed by atoms with Gasteiger partial charge in [-0.1, -0.05) is 298 Å². The molecule has 0 spiro atoms. The molecule has 0 aromatic heterocycles. The summed E-state index contributed by atoms with van der Waals surface area (Å²) in [4.78, 5) is 0. The van der Waals surface area contributed by atoms with E-state index < -0.39 is 0 Å². The molecule has 0 bridgehead atoms. The number of fused-ring (bicyclic) bond motifs is 3. The Morgan fingerprint density at radius 1 is 0.221 bits per heavy atom. The van der Waals surface area contributed by atoms with E-state index in [1.807, 2.05) is 91.8 Å².